The van der Waals surface area contributed by atoms with E-state index in [9.17, 15) is 0 Å². The van der Waals surface area contributed by atoms with Crippen molar-refractivity contribution in [3.05, 3.63) is 0 Å². The molecule has 0 spiro atoms. The first-order valence-corrected chi connectivity index (χ1v) is 7.91. The Labute approximate surface area is 124 Å². The standard InChI is InChI=1S/C12H25N5O2S/c1-11(2)13-5-6-17-12(14-15-16-17)20-10-9-19-8-4-7-18-3/h11,13H,4-10H2,1-3H3. The highest BCUT2D eigenvalue weighted by molar-refractivity contribution is 7.99. The molecule has 1 N–H and O–H groups in total. The summed E-state index contributed by atoms with van der Waals surface area (Å²) < 4.78 is 12.3. The van der Waals surface area contributed by atoms with E-state index in [4.69, 9.17) is 9.47 Å². The van der Waals surface area contributed by atoms with Gasteiger partial charge in [0.1, 0.15) is 0 Å². The second-order valence-electron chi connectivity index (χ2n) is 4.60. The Kier molecular flexibility index (Phi) is 9.56. The van der Waals surface area contributed by atoms with Crippen LogP contribution in [-0.4, -0.2) is 65.5 Å². The first-order chi connectivity index (χ1) is 9.74. The van der Waals surface area contributed by atoms with Crippen molar-refractivity contribution in [1.82, 2.24) is 25.5 Å². The molecule has 0 aliphatic carbocycles. The van der Waals surface area contributed by atoms with Gasteiger partial charge in [-0.1, -0.05) is 25.6 Å². The topological polar surface area (TPSA) is 74.1 Å². The third-order valence-electron chi connectivity index (χ3n) is 2.47. The van der Waals surface area contributed by atoms with E-state index in [-0.39, 0.29) is 0 Å². The Morgan fingerprint density at radius 3 is 2.90 bits per heavy atom. The lowest BCUT2D eigenvalue weighted by molar-refractivity contribution is 0.113. The maximum absolute atomic E-state index is 5.50. The smallest absolute Gasteiger partial charge is 0.209 e. The number of nitrogens with one attached hydrogen (secondary N) is 1. The van der Waals surface area contributed by atoms with Crippen LogP contribution >= 0.6 is 11.8 Å². The summed E-state index contributed by atoms with van der Waals surface area (Å²) in [5, 5.41) is 15.9. The summed E-state index contributed by atoms with van der Waals surface area (Å²) in [6.07, 6.45) is 0.930. The fraction of sp³-hybridized carbons (Fsp3) is 0.917. The molecule has 8 heteroatoms. The molecule has 0 saturated carbocycles. The normalized spacial score (nSPS) is 11.4. The maximum Gasteiger partial charge on any atom is 0.209 e. The van der Waals surface area contributed by atoms with Gasteiger partial charge in [0.25, 0.3) is 0 Å². The first kappa shape index (κ1) is 17.4. The van der Waals surface area contributed by atoms with Gasteiger partial charge in [0.05, 0.1) is 13.2 Å². The van der Waals surface area contributed by atoms with Crippen LogP contribution < -0.4 is 5.32 Å². The van der Waals surface area contributed by atoms with Gasteiger partial charge in [-0.3, -0.25) is 0 Å². The molecule has 0 amide bonds. The quantitative estimate of drug-likeness (QED) is 0.452. The van der Waals surface area contributed by atoms with Crippen molar-refractivity contribution in [3.63, 3.8) is 0 Å². The van der Waals surface area contributed by atoms with Crippen molar-refractivity contribution in [2.24, 2.45) is 0 Å². The number of tetrazole rings is 1. The van der Waals surface area contributed by atoms with Gasteiger partial charge < -0.3 is 14.8 Å². The average Bonchev–Trinajstić information content (AvgIpc) is 2.85. The Bertz CT molecular complexity index is 348. The highest BCUT2D eigenvalue weighted by atomic mass is 32.2. The lowest BCUT2D eigenvalue weighted by atomic mass is 10.4. The number of rotatable bonds is 12. The molecular formula is C12H25N5O2S. The van der Waals surface area contributed by atoms with Crippen molar-refractivity contribution in [3.8, 4) is 0 Å². The van der Waals surface area contributed by atoms with Gasteiger partial charge >= 0.3 is 0 Å². The van der Waals surface area contributed by atoms with E-state index >= 15 is 0 Å². The van der Waals surface area contributed by atoms with Gasteiger partial charge in [-0.25, -0.2) is 4.68 Å². The van der Waals surface area contributed by atoms with Crippen molar-refractivity contribution in [2.75, 3.05) is 39.2 Å². The molecular weight excluding hydrogens is 278 g/mol. The van der Waals surface area contributed by atoms with Crippen molar-refractivity contribution in [1.29, 1.82) is 0 Å². The van der Waals surface area contributed by atoms with Crippen LogP contribution in [0.5, 0.6) is 0 Å². The third kappa shape index (κ3) is 7.78. The molecule has 20 heavy (non-hydrogen) atoms. The highest BCUT2D eigenvalue weighted by Gasteiger charge is 2.06. The number of hydrogen-bond acceptors (Lipinski definition) is 7. The SMILES string of the molecule is COCCCOCCSc1nnnn1CCNC(C)C. The van der Waals surface area contributed by atoms with Crippen molar-refractivity contribution in [2.45, 2.75) is 38.0 Å². The summed E-state index contributed by atoms with van der Waals surface area (Å²) in [5.41, 5.74) is 0. The third-order valence-corrected chi connectivity index (χ3v) is 3.39. The minimum Gasteiger partial charge on any atom is -0.385 e. The van der Waals surface area contributed by atoms with Crippen molar-refractivity contribution >= 4 is 11.8 Å². The molecule has 0 unspecified atom stereocenters. The predicted octanol–water partition coefficient (Wildman–Crippen LogP) is 0.816. The summed E-state index contributed by atoms with van der Waals surface area (Å²) >= 11 is 1.62. The molecule has 0 atom stereocenters. The van der Waals surface area contributed by atoms with Crippen molar-refractivity contribution < 1.29 is 9.47 Å². The predicted molar refractivity (Wildman–Crippen MR) is 79.0 cm³/mol. The maximum atomic E-state index is 5.50. The van der Waals surface area contributed by atoms with Crippen LogP contribution in [0.15, 0.2) is 5.16 Å². The fourth-order valence-corrected chi connectivity index (χ4v) is 2.25. The Morgan fingerprint density at radius 1 is 1.30 bits per heavy atom. The summed E-state index contributed by atoms with van der Waals surface area (Å²) in [7, 11) is 1.70. The number of hydrogen-bond donors (Lipinski definition) is 1. The van der Waals surface area contributed by atoms with E-state index < -0.39 is 0 Å². The van der Waals surface area contributed by atoms with Gasteiger partial charge in [0, 0.05) is 38.7 Å². The molecule has 1 aromatic rings. The Hall–Kier alpha value is -0.700. The van der Waals surface area contributed by atoms with Crippen LogP contribution in [0.25, 0.3) is 0 Å². The van der Waals surface area contributed by atoms with Gasteiger partial charge in [-0.2, -0.15) is 0 Å². The van der Waals surface area contributed by atoms with Crippen LogP contribution in [0.1, 0.15) is 20.3 Å². The van der Waals surface area contributed by atoms with Gasteiger partial charge in [0.2, 0.25) is 5.16 Å². The lowest BCUT2D eigenvalue weighted by Crippen LogP contribution is -2.27. The minimum atomic E-state index is 0.475. The van der Waals surface area contributed by atoms with E-state index in [1.54, 1.807) is 18.9 Å². The fourth-order valence-electron chi connectivity index (χ4n) is 1.50. The molecule has 0 aromatic carbocycles. The molecule has 1 heterocycles. The number of aromatic nitrogens is 4. The van der Waals surface area contributed by atoms with E-state index in [0.29, 0.717) is 12.6 Å². The zero-order chi connectivity index (χ0) is 14.6. The molecule has 7 nitrogen and oxygen atoms in total. The second kappa shape index (κ2) is 11.0. The Morgan fingerprint density at radius 2 is 2.15 bits per heavy atom. The van der Waals surface area contributed by atoms with Gasteiger partial charge in [-0.15, -0.1) is 5.10 Å². The van der Waals surface area contributed by atoms with Gasteiger partial charge in [0.15, 0.2) is 0 Å². The highest BCUT2D eigenvalue weighted by Crippen LogP contribution is 2.12. The molecule has 0 aliphatic heterocycles. The van der Waals surface area contributed by atoms with Crippen LogP contribution in [0.4, 0.5) is 0 Å². The van der Waals surface area contributed by atoms with Crippen LogP contribution in [0, 0.1) is 0 Å². The molecule has 0 aliphatic rings. The number of thioether (sulfide) groups is 1. The summed E-state index contributed by atoms with van der Waals surface area (Å²) in [5.74, 6) is 0.852. The zero-order valence-electron chi connectivity index (χ0n) is 12.5. The molecule has 0 bridgehead atoms. The summed E-state index contributed by atoms with van der Waals surface area (Å²) in [6, 6.07) is 0.475. The molecule has 0 fully saturated rings. The van der Waals surface area contributed by atoms with E-state index in [1.807, 2.05) is 4.68 Å². The van der Waals surface area contributed by atoms with Gasteiger partial charge in [-0.05, 0) is 16.8 Å². The lowest BCUT2D eigenvalue weighted by Gasteiger charge is -2.08. The first-order valence-electron chi connectivity index (χ1n) is 6.93. The zero-order valence-corrected chi connectivity index (χ0v) is 13.4. The number of methoxy groups -OCH3 is 1. The van der Waals surface area contributed by atoms with E-state index in [2.05, 4.69) is 34.7 Å². The largest absolute Gasteiger partial charge is 0.385 e. The molecule has 0 saturated heterocycles. The monoisotopic (exact) mass is 303 g/mol. The molecule has 1 aromatic heterocycles. The van der Waals surface area contributed by atoms with E-state index in [1.165, 1.54) is 0 Å². The van der Waals surface area contributed by atoms with Crippen LogP contribution in [0.2, 0.25) is 0 Å². The molecule has 0 radical (unpaired) electrons. The summed E-state index contributed by atoms with van der Waals surface area (Å²) in [4.78, 5) is 0. The summed E-state index contributed by atoms with van der Waals surface area (Å²) in [6.45, 7) is 8.07. The van der Waals surface area contributed by atoms with E-state index in [0.717, 1.165) is 43.6 Å². The second-order valence-corrected chi connectivity index (χ2v) is 5.66. The average molecular weight is 303 g/mol. The molecule has 116 valence electrons. The van der Waals surface area contributed by atoms with Crippen LogP contribution in [-0.2, 0) is 16.0 Å². The number of ether oxygens (including phenoxy) is 2. The number of nitrogens with zero attached hydrogens (tertiary/aromatic N) is 4. The Balaban J connectivity index is 2.12. The van der Waals surface area contributed by atoms with Crippen LogP contribution in [0.3, 0.4) is 0 Å². The molecule has 1 rings (SSSR count). The minimum absolute atomic E-state index is 0.475.